The molecule has 6 heteroatoms. The number of amides is 2. The quantitative estimate of drug-likeness (QED) is 0.668. The second-order valence-electron chi connectivity index (χ2n) is 6.06. The lowest BCUT2D eigenvalue weighted by molar-refractivity contribution is 0.0955. The molecule has 0 atom stereocenters. The highest BCUT2D eigenvalue weighted by Crippen LogP contribution is 2.26. The molecule has 5 nitrogen and oxygen atoms in total. The first kappa shape index (κ1) is 17.6. The van der Waals surface area contributed by atoms with E-state index in [1.165, 1.54) is 22.5 Å². The summed E-state index contributed by atoms with van der Waals surface area (Å²) in [7, 11) is 0. The van der Waals surface area contributed by atoms with Crippen LogP contribution in [0.3, 0.4) is 0 Å². The molecule has 0 saturated carbocycles. The highest BCUT2D eigenvalue weighted by Gasteiger charge is 2.17. The number of rotatable bonds is 7. The number of carbonyl (C=O) groups excluding carboxylic acids is 2. The first-order valence-electron chi connectivity index (χ1n) is 8.68. The second kappa shape index (κ2) is 8.27. The average Bonchev–Trinajstić information content (AvgIpc) is 3.26. The van der Waals surface area contributed by atoms with E-state index in [-0.39, 0.29) is 11.8 Å². The minimum Gasteiger partial charge on any atom is -0.351 e. The first-order valence-corrected chi connectivity index (χ1v) is 9.56. The normalized spacial score (nSPS) is 12.7. The van der Waals surface area contributed by atoms with Gasteiger partial charge in [-0.05, 0) is 60.5 Å². The van der Waals surface area contributed by atoms with Crippen molar-refractivity contribution in [3.05, 3.63) is 51.9 Å². The van der Waals surface area contributed by atoms with Gasteiger partial charge in [-0.3, -0.25) is 9.59 Å². The Bertz CT molecular complexity index is 770. The Morgan fingerprint density at radius 1 is 1.08 bits per heavy atom. The molecular formula is C19H23N3O2S. The zero-order valence-electron chi connectivity index (χ0n) is 14.4. The van der Waals surface area contributed by atoms with Gasteiger partial charge >= 0.3 is 0 Å². The molecule has 0 spiro atoms. The lowest BCUT2D eigenvalue weighted by Crippen LogP contribution is -2.32. The van der Waals surface area contributed by atoms with E-state index in [9.17, 15) is 9.59 Å². The number of carbonyl (C=O) groups is 2. The van der Waals surface area contributed by atoms with Crippen LogP contribution in [0, 0.1) is 0 Å². The maximum Gasteiger partial charge on any atom is 0.256 e. The summed E-state index contributed by atoms with van der Waals surface area (Å²) in [6.45, 7) is 4.17. The first-order chi connectivity index (χ1) is 12.2. The summed E-state index contributed by atoms with van der Waals surface area (Å²) < 4.78 is 0. The summed E-state index contributed by atoms with van der Waals surface area (Å²) in [5, 5.41) is 11.3. The molecule has 0 unspecified atom stereocenters. The van der Waals surface area contributed by atoms with Crippen molar-refractivity contribution in [1.82, 2.24) is 10.6 Å². The van der Waals surface area contributed by atoms with Crippen LogP contribution < -0.4 is 16.0 Å². The molecule has 2 aromatic rings. The van der Waals surface area contributed by atoms with E-state index in [1.54, 1.807) is 6.07 Å². The Kier molecular flexibility index (Phi) is 5.83. The van der Waals surface area contributed by atoms with Gasteiger partial charge in [0, 0.05) is 18.7 Å². The van der Waals surface area contributed by atoms with Crippen LogP contribution in [0.1, 0.15) is 45.2 Å². The predicted octanol–water partition coefficient (Wildman–Crippen LogP) is 2.83. The van der Waals surface area contributed by atoms with E-state index in [1.807, 2.05) is 30.5 Å². The van der Waals surface area contributed by atoms with Gasteiger partial charge in [-0.15, -0.1) is 11.3 Å². The van der Waals surface area contributed by atoms with Crippen molar-refractivity contribution in [2.45, 2.75) is 26.2 Å². The van der Waals surface area contributed by atoms with Crippen molar-refractivity contribution in [2.24, 2.45) is 0 Å². The Hall–Kier alpha value is -2.18. The van der Waals surface area contributed by atoms with Gasteiger partial charge in [0.15, 0.2) is 0 Å². The van der Waals surface area contributed by atoms with Crippen LogP contribution in [0.15, 0.2) is 29.6 Å². The number of nitrogens with one attached hydrogen (secondary N) is 3. The molecule has 25 heavy (non-hydrogen) atoms. The van der Waals surface area contributed by atoms with Crippen molar-refractivity contribution >= 4 is 28.2 Å². The Balaban J connectivity index is 1.64. The number of hydrogen-bond acceptors (Lipinski definition) is 4. The Labute approximate surface area is 151 Å². The maximum atomic E-state index is 12.5. The summed E-state index contributed by atoms with van der Waals surface area (Å²) in [5.41, 5.74) is 3.76. The van der Waals surface area contributed by atoms with Gasteiger partial charge in [-0.2, -0.15) is 0 Å². The largest absolute Gasteiger partial charge is 0.351 e. The smallest absolute Gasteiger partial charge is 0.256 e. The SMILES string of the molecule is CCNCCNC(=O)c1ccsc1NC(=O)c1ccc2c(c1)CCC2. The van der Waals surface area contributed by atoms with Crippen LogP contribution >= 0.6 is 11.3 Å². The van der Waals surface area contributed by atoms with Gasteiger partial charge in [0.05, 0.1) is 5.56 Å². The molecule has 2 amide bonds. The average molecular weight is 357 g/mol. The van der Waals surface area contributed by atoms with Crippen LogP contribution in [-0.2, 0) is 12.8 Å². The molecule has 1 aliphatic rings. The summed E-state index contributed by atoms with van der Waals surface area (Å²) in [4.78, 5) is 24.8. The van der Waals surface area contributed by atoms with E-state index in [4.69, 9.17) is 0 Å². The highest BCUT2D eigenvalue weighted by molar-refractivity contribution is 7.14. The molecule has 1 aromatic heterocycles. The van der Waals surface area contributed by atoms with Crippen molar-refractivity contribution in [1.29, 1.82) is 0 Å². The molecule has 1 aromatic carbocycles. The molecule has 1 aliphatic carbocycles. The molecule has 132 valence electrons. The predicted molar refractivity (Wildman–Crippen MR) is 102 cm³/mol. The molecule has 0 fully saturated rings. The molecule has 0 bridgehead atoms. The van der Waals surface area contributed by atoms with E-state index in [0.29, 0.717) is 22.7 Å². The van der Waals surface area contributed by atoms with Gasteiger partial charge < -0.3 is 16.0 Å². The number of anilines is 1. The fraction of sp³-hybridized carbons (Fsp3) is 0.368. The number of hydrogen-bond donors (Lipinski definition) is 3. The Morgan fingerprint density at radius 3 is 2.76 bits per heavy atom. The summed E-state index contributed by atoms with van der Waals surface area (Å²) in [6, 6.07) is 7.62. The van der Waals surface area contributed by atoms with Gasteiger partial charge in [0.2, 0.25) is 0 Å². The standard InChI is InChI=1S/C19H23N3O2S/c1-2-20-9-10-21-18(24)16-8-11-25-19(16)22-17(23)15-7-6-13-4-3-5-14(13)12-15/h6-8,11-12,20H,2-5,9-10H2,1H3,(H,21,24)(H,22,23). The molecule has 0 radical (unpaired) electrons. The van der Waals surface area contributed by atoms with Crippen LogP contribution in [0.4, 0.5) is 5.00 Å². The molecule has 0 aliphatic heterocycles. The van der Waals surface area contributed by atoms with E-state index in [2.05, 4.69) is 16.0 Å². The molecule has 0 saturated heterocycles. The van der Waals surface area contributed by atoms with Crippen molar-refractivity contribution in [2.75, 3.05) is 25.0 Å². The lowest BCUT2D eigenvalue weighted by Gasteiger charge is -2.09. The fourth-order valence-electron chi connectivity index (χ4n) is 3.01. The van der Waals surface area contributed by atoms with Gasteiger partial charge in [-0.1, -0.05) is 13.0 Å². The van der Waals surface area contributed by atoms with Gasteiger partial charge in [0.1, 0.15) is 5.00 Å². The van der Waals surface area contributed by atoms with Crippen LogP contribution in [0.5, 0.6) is 0 Å². The third-order valence-electron chi connectivity index (χ3n) is 4.33. The maximum absolute atomic E-state index is 12.5. The van der Waals surface area contributed by atoms with Crippen molar-refractivity contribution < 1.29 is 9.59 Å². The molecule has 1 heterocycles. The van der Waals surface area contributed by atoms with Crippen LogP contribution in [-0.4, -0.2) is 31.4 Å². The summed E-state index contributed by atoms with van der Waals surface area (Å²) in [6.07, 6.45) is 3.29. The van der Waals surface area contributed by atoms with Gasteiger partial charge in [-0.25, -0.2) is 0 Å². The number of likely N-dealkylation sites (N-methyl/N-ethyl adjacent to an activating group) is 1. The number of fused-ring (bicyclic) bond motifs is 1. The zero-order valence-corrected chi connectivity index (χ0v) is 15.2. The van der Waals surface area contributed by atoms with Crippen LogP contribution in [0.25, 0.3) is 0 Å². The van der Waals surface area contributed by atoms with E-state index in [0.717, 1.165) is 32.4 Å². The second-order valence-corrected chi connectivity index (χ2v) is 6.98. The third-order valence-corrected chi connectivity index (χ3v) is 5.16. The van der Waals surface area contributed by atoms with Gasteiger partial charge in [0.25, 0.3) is 11.8 Å². The molecule has 3 rings (SSSR count). The monoisotopic (exact) mass is 357 g/mol. The number of thiophene rings is 1. The summed E-state index contributed by atoms with van der Waals surface area (Å²) >= 11 is 1.36. The fourth-order valence-corrected chi connectivity index (χ4v) is 3.79. The highest BCUT2D eigenvalue weighted by atomic mass is 32.1. The topological polar surface area (TPSA) is 70.2 Å². The minimum atomic E-state index is -0.168. The lowest BCUT2D eigenvalue weighted by atomic mass is 10.1. The number of aryl methyl sites for hydroxylation is 2. The van der Waals surface area contributed by atoms with E-state index < -0.39 is 0 Å². The number of benzene rings is 1. The van der Waals surface area contributed by atoms with Crippen molar-refractivity contribution in [3.63, 3.8) is 0 Å². The van der Waals surface area contributed by atoms with Crippen molar-refractivity contribution in [3.8, 4) is 0 Å². The molecule has 3 N–H and O–H groups in total. The minimum absolute atomic E-state index is 0.164. The zero-order chi connectivity index (χ0) is 17.6. The molecular weight excluding hydrogens is 334 g/mol. The van der Waals surface area contributed by atoms with Crippen LogP contribution in [0.2, 0.25) is 0 Å². The van der Waals surface area contributed by atoms with E-state index >= 15 is 0 Å². The third kappa shape index (κ3) is 4.27. The summed E-state index contributed by atoms with van der Waals surface area (Å²) in [5.74, 6) is -0.331. The Morgan fingerprint density at radius 2 is 1.92 bits per heavy atom.